The minimum absolute atomic E-state index is 0.188. The van der Waals surface area contributed by atoms with Gasteiger partial charge in [-0.1, -0.05) is 113 Å². The van der Waals surface area contributed by atoms with Crippen LogP contribution in [0.1, 0.15) is 96.6 Å². The number of unbranched alkanes of at least 4 members (excludes halogenated alkanes) is 1. The number of benzene rings is 2. The highest BCUT2D eigenvalue weighted by molar-refractivity contribution is 5.91. The van der Waals surface area contributed by atoms with Crippen LogP contribution in [0, 0.1) is 5.92 Å². The number of primary amides is 1. The van der Waals surface area contributed by atoms with Crippen molar-refractivity contribution in [2.75, 3.05) is 6.54 Å². The smallest absolute Gasteiger partial charge is 0.408 e. The van der Waals surface area contributed by atoms with Gasteiger partial charge in [0, 0.05) is 19.5 Å². The fourth-order valence-electron chi connectivity index (χ4n) is 6.36. The average molecular weight is 637 g/mol. The first-order valence-electron chi connectivity index (χ1n) is 17.1. The van der Waals surface area contributed by atoms with Crippen molar-refractivity contribution in [2.24, 2.45) is 11.7 Å². The molecule has 4 atom stereocenters. The monoisotopic (exact) mass is 636 g/mol. The van der Waals surface area contributed by atoms with E-state index in [0.717, 1.165) is 43.2 Å². The molecule has 46 heavy (non-hydrogen) atoms. The van der Waals surface area contributed by atoms with Gasteiger partial charge < -0.3 is 31.1 Å². The summed E-state index contributed by atoms with van der Waals surface area (Å²) in [5.74, 6) is -0.767. The largest absolute Gasteiger partial charge is 0.444 e. The van der Waals surface area contributed by atoms with Crippen molar-refractivity contribution in [3.05, 3.63) is 71.8 Å². The van der Waals surface area contributed by atoms with Gasteiger partial charge in [0.1, 0.15) is 17.7 Å². The third kappa shape index (κ3) is 12.4. The average Bonchev–Trinajstić information content (AvgIpc) is 3.02. The lowest BCUT2D eigenvalue weighted by Crippen LogP contribution is -2.63. The summed E-state index contributed by atoms with van der Waals surface area (Å²) in [4.78, 5) is 42.7. The lowest BCUT2D eigenvalue weighted by atomic mass is 9.82. The van der Waals surface area contributed by atoms with Crippen molar-refractivity contribution in [3.8, 4) is 0 Å². The molecular formula is C37H56N4O5. The van der Waals surface area contributed by atoms with Crippen LogP contribution in [0.25, 0.3) is 0 Å². The Labute approximate surface area is 275 Å². The minimum Gasteiger partial charge on any atom is -0.444 e. The molecule has 0 heterocycles. The van der Waals surface area contributed by atoms with Crippen molar-refractivity contribution in [3.63, 3.8) is 0 Å². The quantitative estimate of drug-likeness (QED) is 0.182. The number of rotatable bonds is 17. The normalized spacial score (nSPS) is 16.5. The van der Waals surface area contributed by atoms with E-state index >= 15 is 0 Å². The number of hydrogen-bond donors (Lipinski definition) is 4. The van der Waals surface area contributed by atoms with Gasteiger partial charge in [-0.05, 0) is 50.7 Å². The van der Waals surface area contributed by atoms with Crippen molar-refractivity contribution in [2.45, 2.75) is 128 Å². The number of aliphatic hydroxyl groups excluding tert-OH is 1. The molecule has 3 rings (SSSR count). The molecule has 9 heteroatoms. The zero-order valence-electron chi connectivity index (χ0n) is 28.3. The van der Waals surface area contributed by atoms with Crippen molar-refractivity contribution < 1.29 is 24.2 Å². The molecule has 254 valence electrons. The van der Waals surface area contributed by atoms with E-state index in [0.29, 0.717) is 31.7 Å². The molecule has 0 bridgehead atoms. The Hall–Kier alpha value is -3.43. The maximum atomic E-state index is 14.9. The fraction of sp³-hybridized carbons (Fsp3) is 0.595. The topological polar surface area (TPSA) is 134 Å². The van der Waals surface area contributed by atoms with E-state index in [1.165, 1.54) is 11.3 Å². The molecule has 2 aromatic rings. The third-order valence-electron chi connectivity index (χ3n) is 8.65. The van der Waals surface area contributed by atoms with Gasteiger partial charge in [-0.2, -0.15) is 0 Å². The maximum Gasteiger partial charge on any atom is 0.408 e. The first kappa shape index (κ1) is 37.0. The van der Waals surface area contributed by atoms with E-state index < -0.39 is 47.7 Å². The standard InChI is InChI=1S/C37H56N4O5/c1-5-6-22-31(34(38)43)41(35(44)30(23-27-16-10-7-11-17-27)40-36(45)46-37(2,3)4)32(24-28-18-12-8-13-19-28)33(42)26-39-25-29-20-14-9-15-21-29/h7,9-11,14-17,20-21,28,30-33,39,42H,5-6,8,12-13,18-19,22-26H2,1-4H3,(H2,38,43)(H,40,45)/t30-,31-,32-,33+/m0/s1. The molecule has 1 aliphatic rings. The van der Waals surface area contributed by atoms with Gasteiger partial charge in [-0.3, -0.25) is 9.59 Å². The Bertz CT molecular complexity index is 1200. The molecule has 1 aliphatic carbocycles. The number of carbonyl (C=O) groups is 3. The zero-order chi connectivity index (χ0) is 33.5. The van der Waals surface area contributed by atoms with Gasteiger partial charge >= 0.3 is 6.09 Å². The number of amides is 3. The van der Waals surface area contributed by atoms with E-state index in [1.807, 2.05) is 67.6 Å². The number of aliphatic hydroxyl groups is 1. The molecule has 3 amide bonds. The van der Waals surface area contributed by atoms with Crippen LogP contribution < -0.4 is 16.4 Å². The lowest BCUT2D eigenvalue weighted by Gasteiger charge is -2.43. The van der Waals surface area contributed by atoms with Gasteiger partial charge in [0.15, 0.2) is 0 Å². The molecule has 0 radical (unpaired) electrons. The van der Waals surface area contributed by atoms with Crippen LogP contribution in [0.5, 0.6) is 0 Å². The highest BCUT2D eigenvalue weighted by atomic mass is 16.6. The Morgan fingerprint density at radius 1 is 0.978 bits per heavy atom. The Morgan fingerprint density at radius 3 is 2.15 bits per heavy atom. The van der Waals surface area contributed by atoms with Crippen LogP contribution in [0.15, 0.2) is 60.7 Å². The molecule has 2 aromatic carbocycles. The van der Waals surface area contributed by atoms with E-state index in [1.54, 1.807) is 20.8 Å². The second kappa shape index (κ2) is 18.6. The Kier molecular flexibility index (Phi) is 15.0. The van der Waals surface area contributed by atoms with Crippen LogP contribution >= 0.6 is 0 Å². The Balaban J connectivity index is 2.02. The van der Waals surface area contributed by atoms with E-state index in [-0.39, 0.29) is 13.0 Å². The SMILES string of the molecule is CCCC[C@@H](C(N)=O)N(C(=O)[C@H](Cc1ccccc1)NC(=O)OC(C)(C)C)[C@@H](CC1CCCCC1)[C@H](O)CNCc1ccccc1. The second-order valence-electron chi connectivity index (χ2n) is 13.7. The molecule has 0 saturated heterocycles. The molecule has 0 aromatic heterocycles. The molecule has 0 aliphatic heterocycles. The van der Waals surface area contributed by atoms with Crippen LogP contribution in [-0.2, 0) is 27.3 Å². The van der Waals surface area contributed by atoms with Crippen molar-refractivity contribution >= 4 is 17.9 Å². The van der Waals surface area contributed by atoms with Gasteiger partial charge in [-0.25, -0.2) is 4.79 Å². The molecule has 1 fully saturated rings. The maximum absolute atomic E-state index is 14.9. The van der Waals surface area contributed by atoms with Crippen LogP contribution in [0.2, 0.25) is 0 Å². The number of nitrogens with one attached hydrogen (secondary N) is 2. The van der Waals surface area contributed by atoms with Crippen LogP contribution in [0.4, 0.5) is 4.79 Å². The van der Waals surface area contributed by atoms with Crippen LogP contribution in [0.3, 0.4) is 0 Å². The fourth-order valence-corrected chi connectivity index (χ4v) is 6.36. The third-order valence-corrected chi connectivity index (χ3v) is 8.65. The molecular weight excluding hydrogens is 580 g/mol. The number of nitrogens with two attached hydrogens (primary N) is 1. The zero-order valence-corrected chi connectivity index (χ0v) is 28.3. The van der Waals surface area contributed by atoms with E-state index in [9.17, 15) is 19.5 Å². The Morgan fingerprint density at radius 2 is 1.59 bits per heavy atom. The molecule has 0 unspecified atom stereocenters. The van der Waals surface area contributed by atoms with E-state index in [4.69, 9.17) is 10.5 Å². The first-order chi connectivity index (χ1) is 22.0. The molecule has 5 N–H and O–H groups in total. The summed E-state index contributed by atoms with van der Waals surface area (Å²) in [6.45, 7) is 8.08. The van der Waals surface area contributed by atoms with Gasteiger partial charge in [-0.15, -0.1) is 0 Å². The van der Waals surface area contributed by atoms with Crippen LogP contribution in [-0.4, -0.2) is 64.3 Å². The summed E-state index contributed by atoms with van der Waals surface area (Å²) in [7, 11) is 0. The van der Waals surface area contributed by atoms with Crippen molar-refractivity contribution in [1.29, 1.82) is 0 Å². The number of ether oxygens (including phenoxy) is 1. The predicted octanol–water partition coefficient (Wildman–Crippen LogP) is 5.48. The molecule has 0 spiro atoms. The summed E-state index contributed by atoms with van der Waals surface area (Å²) < 4.78 is 5.56. The summed E-state index contributed by atoms with van der Waals surface area (Å²) in [6, 6.07) is 16.7. The minimum atomic E-state index is -1.04. The summed E-state index contributed by atoms with van der Waals surface area (Å²) in [6.07, 6.45) is 6.26. The molecule has 9 nitrogen and oxygen atoms in total. The summed E-state index contributed by atoms with van der Waals surface area (Å²) >= 11 is 0. The summed E-state index contributed by atoms with van der Waals surface area (Å²) in [5, 5.41) is 18.0. The molecule has 1 saturated carbocycles. The number of carbonyl (C=O) groups excluding carboxylic acids is 3. The lowest BCUT2D eigenvalue weighted by molar-refractivity contribution is -0.148. The van der Waals surface area contributed by atoms with Gasteiger partial charge in [0.25, 0.3) is 0 Å². The highest BCUT2D eigenvalue weighted by Gasteiger charge is 2.42. The first-order valence-corrected chi connectivity index (χ1v) is 17.1. The van der Waals surface area contributed by atoms with Gasteiger partial charge in [0.05, 0.1) is 12.1 Å². The van der Waals surface area contributed by atoms with E-state index in [2.05, 4.69) is 10.6 Å². The predicted molar refractivity (Wildman–Crippen MR) is 182 cm³/mol. The second-order valence-corrected chi connectivity index (χ2v) is 13.7. The van der Waals surface area contributed by atoms with Crippen molar-refractivity contribution in [1.82, 2.24) is 15.5 Å². The summed E-state index contributed by atoms with van der Waals surface area (Å²) in [5.41, 5.74) is 7.21. The number of alkyl carbamates (subject to hydrolysis) is 1. The van der Waals surface area contributed by atoms with Gasteiger partial charge in [0.2, 0.25) is 11.8 Å². The highest BCUT2D eigenvalue weighted by Crippen LogP contribution is 2.31. The number of nitrogens with zero attached hydrogens (tertiary/aromatic N) is 1. The number of hydrogen-bond acceptors (Lipinski definition) is 6.